The Morgan fingerprint density at radius 3 is 1.06 bits per heavy atom. The number of pyridine rings is 7. The zero-order valence-corrected chi connectivity index (χ0v) is 70.4. The molecular weight excluding hydrogens is 1580 g/mol. The fourth-order valence-electron chi connectivity index (χ4n) is 21.9. The Labute approximate surface area is 749 Å². The molecule has 27 rings (SSSR count). The highest BCUT2D eigenvalue weighted by atomic mass is 14.8. The van der Waals surface area contributed by atoms with Crippen molar-refractivity contribution in [1.82, 2.24) is 34.9 Å². The van der Waals surface area contributed by atoms with Gasteiger partial charge >= 0.3 is 0 Å². The summed E-state index contributed by atoms with van der Waals surface area (Å²) < 4.78 is 0. The molecule has 0 N–H and O–H groups in total. The van der Waals surface area contributed by atoms with E-state index >= 15 is 0 Å². The molecule has 0 radical (unpaired) electrons. The monoisotopic (exact) mass is 1650 g/mol. The topological polar surface area (TPSA) is 90.2 Å². The molecule has 25 aromatic rings. The molecular formula is C123H75N7. The van der Waals surface area contributed by atoms with Gasteiger partial charge in [0.05, 0.1) is 60.8 Å². The zero-order valence-electron chi connectivity index (χ0n) is 70.4. The lowest BCUT2D eigenvalue weighted by molar-refractivity contribution is 0.769. The summed E-state index contributed by atoms with van der Waals surface area (Å²) in [4.78, 5) is 34.9. The lowest BCUT2D eigenvalue weighted by Gasteiger charge is -2.34. The standard InChI is InChI=1S/C64H39N3.C59H36N4/c1-3-16-47(17-4-1)64(48-18-5-2-6-19-48)58-22-9-7-20-52(58)56-38-57-55(39-59(56)64)53-21-8-10-23-60(53)67-61(57)46-14-11-13-41(36-46)42-27-29-49-43(35-42)24-25-44-37-45(28-30-50(44)49)51-32-34-66-63-54(51)31-26-40-15-12-33-65-62(40)63;1-3-17-40(18-4-1)59(41-19-5-2-6-20-41)52-24-9-7-21-45(52)50-35-51-49(36-53(50)59)46-22-8-10-25-54(46)63-55(51)39-15-11-14-38(34-39)42-28-29-43(47-23-13-32-61-57(42)47)44-30-33-62-58-48(44)27-26-37-16-12-31-60-56(37)58/h1-39H;1-36H. The summed E-state index contributed by atoms with van der Waals surface area (Å²) in [5, 5.41) is 17.3. The number of fused-ring (bicyclic) bond motifs is 22. The quantitative estimate of drug-likeness (QED) is 0.126. The molecule has 0 atom stereocenters. The summed E-state index contributed by atoms with van der Waals surface area (Å²) in [6.07, 6.45) is 9.36. The number of hydrogen-bond donors (Lipinski definition) is 0. The first-order chi connectivity index (χ1) is 64.5. The Balaban J connectivity index is 0.000000137. The third-order valence-corrected chi connectivity index (χ3v) is 27.6. The molecule has 0 unspecified atom stereocenters. The predicted molar refractivity (Wildman–Crippen MR) is 537 cm³/mol. The molecule has 0 fully saturated rings. The Bertz CT molecular complexity index is 8930. The average Bonchev–Trinajstić information content (AvgIpc) is 1.53. The van der Waals surface area contributed by atoms with Crippen LogP contribution < -0.4 is 0 Å². The van der Waals surface area contributed by atoms with Gasteiger partial charge in [-0.2, -0.15) is 0 Å². The minimum atomic E-state index is -0.499. The number of rotatable bonds is 10. The minimum absolute atomic E-state index is 0.487. The van der Waals surface area contributed by atoms with Gasteiger partial charge in [0.25, 0.3) is 0 Å². The molecule has 602 valence electrons. The summed E-state index contributed by atoms with van der Waals surface area (Å²) >= 11 is 0. The number of benzene rings is 18. The van der Waals surface area contributed by atoms with Crippen LogP contribution in [0.25, 0.3) is 209 Å². The molecule has 7 heteroatoms. The number of nitrogens with zero attached hydrogens (tertiary/aromatic N) is 7. The van der Waals surface area contributed by atoms with Gasteiger partial charge in [0, 0.05) is 96.2 Å². The van der Waals surface area contributed by atoms with Crippen LogP contribution in [-0.2, 0) is 10.8 Å². The van der Waals surface area contributed by atoms with Gasteiger partial charge in [-0.05, 0) is 229 Å². The molecule has 0 saturated heterocycles. The normalized spacial score (nSPS) is 12.9. The van der Waals surface area contributed by atoms with Crippen molar-refractivity contribution in [3.63, 3.8) is 0 Å². The highest BCUT2D eigenvalue weighted by molar-refractivity contribution is 6.18. The Kier molecular flexibility index (Phi) is 17.0. The molecule has 0 spiro atoms. The van der Waals surface area contributed by atoms with Crippen LogP contribution in [0.4, 0.5) is 0 Å². The summed E-state index contributed by atoms with van der Waals surface area (Å²) in [6, 6.07) is 155. The van der Waals surface area contributed by atoms with Crippen molar-refractivity contribution in [1.29, 1.82) is 0 Å². The Morgan fingerprint density at radius 1 is 0.154 bits per heavy atom. The average molecular weight is 1650 g/mol. The van der Waals surface area contributed by atoms with Crippen molar-refractivity contribution >= 4 is 119 Å². The first kappa shape index (κ1) is 74.3. The molecule has 0 bridgehead atoms. The van der Waals surface area contributed by atoms with E-state index in [1.54, 1.807) is 0 Å². The maximum Gasteiger partial charge on any atom is 0.0970 e. The van der Waals surface area contributed by atoms with Gasteiger partial charge in [-0.25, -0.2) is 9.97 Å². The van der Waals surface area contributed by atoms with Gasteiger partial charge < -0.3 is 0 Å². The fraction of sp³-hybridized carbons (Fsp3) is 0.0163. The summed E-state index contributed by atoms with van der Waals surface area (Å²) in [6.45, 7) is 0. The van der Waals surface area contributed by atoms with Crippen LogP contribution in [-0.4, -0.2) is 34.9 Å². The van der Waals surface area contributed by atoms with Crippen molar-refractivity contribution < 1.29 is 0 Å². The van der Waals surface area contributed by atoms with E-state index < -0.39 is 10.8 Å². The van der Waals surface area contributed by atoms with Crippen molar-refractivity contribution in [2.75, 3.05) is 0 Å². The van der Waals surface area contributed by atoms with E-state index in [1.807, 2.05) is 49.2 Å². The second-order valence-electron chi connectivity index (χ2n) is 34.3. The van der Waals surface area contributed by atoms with E-state index in [9.17, 15) is 0 Å². The van der Waals surface area contributed by atoms with E-state index in [0.717, 1.165) is 143 Å². The third kappa shape index (κ3) is 11.5. The van der Waals surface area contributed by atoms with Crippen molar-refractivity contribution in [2.45, 2.75) is 10.8 Å². The molecule has 130 heavy (non-hydrogen) atoms. The van der Waals surface area contributed by atoms with Crippen LogP contribution in [0.2, 0.25) is 0 Å². The van der Waals surface area contributed by atoms with Gasteiger partial charge in [0.1, 0.15) is 0 Å². The van der Waals surface area contributed by atoms with E-state index in [4.69, 9.17) is 29.9 Å². The van der Waals surface area contributed by atoms with Gasteiger partial charge in [-0.3, -0.25) is 24.9 Å². The maximum atomic E-state index is 5.48. The molecule has 0 aliphatic heterocycles. The van der Waals surface area contributed by atoms with Crippen LogP contribution in [0.15, 0.2) is 456 Å². The van der Waals surface area contributed by atoms with Gasteiger partial charge in [-0.15, -0.1) is 0 Å². The Morgan fingerprint density at radius 2 is 0.523 bits per heavy atom. The molecule has 7 aromatic heterocycles. The van der Waals surface area contributed by atoms with Crippen LogP contribution in [0.5, 0.6) is 0 Å². The van der Waals surface area contributed by atoms with Crippen LogP contribution in [0.3, 0.4) is 0 Å². The molecule has 7 nitrogen and oxygen atoms in total. The number of aromatic nitrogens is 7. The first-order valence-corrected chi connectivity index (χ1v) is 44.4. The molecule has 0 amide bonds. The van der Waals surface area contributed by atoms with Crippen LogP contribution in [0, 0.1) is 0 Å². The van der Waals surface area contributed by atoms with E-state index in [0.29, 0.717) is 0 Å². The van der Waals surface area contributed by atoms with Crippen LogP contribution in [0.1, 0.15) is 44.5 Å². The van der Waals surface area contributed by atoms with E-state index in [-0.39, 0.29) is 0 Å². The molecule has 2 aliphatic rings. The van der Waals surface area contributed by atoms with E-state index in [2.05, 4.69) is 411 Å². The largest absolute Gasteiger partial charge is 0.256 e. The minimum Gasteiger partial charge on any atom is -0.256 e. The molecule has 0 saturated carbocycles. The molecule has 2 aliphatic carbocycles. The second kappa shape index (κ2) is 29.8. The zero-order chi connectivity index (χ0) is 85.5. The first-order valence-electron chi connectivity index (χ1n) is 44.4. The van der Waals surface area contributed by atoms with Gasteiger partial charge in [0.15, 0.2) is 0 Å². The summed E-state index contributed by atoms with van der Waals surface area (Å²) in [7, 11) is 0. The SMILES string of the molecule is c1ccc(C2(c3ccccc3)c3ccccc3-c3cc4c(-c5cccc(-c6ccc(-c7ccnc8c7ccc7cccnc78)c7cccnc67)c5)nc5ccccc5c4cc32)cc1.c1ccc(C2(c3ccccc3)c3ccccc3-c3cc4c(-c5cccc(-c6ccc7c(ccc8cc(-c9ccnc%10c9ccc9cccnc9%10)ccc87)c6)c5)nc5ccccc5c4cc32)cc1. The summed E-state index contributed by atoms with van der Waals surface area (Å²) in [5.41, 5.74) is 33.9. The van der Waals surface area contributed by atoms with Crippen molar-refractivity contribution in [2.24, 2.45) is 0 Å². The smallest absolute Gasteiger partial charge is 0.0970 e. The van der Waals surface area contributed by atoms with Crippen molar-refractivity contribution in [3.05, 3.63) is 500 Å². The molecule has 18 aromatic carbocycles. The lowest BCUT2D eigenvalue weighted by Crippen LogP contribution is -2.28. The second-order valence-corrected chi connectivity index (χ2v) is 34.3. The predicted octanol–water partition coefficient (Wildman–Crippen LogP) is 30.6. The number of hydrogen-bond acceptors (Lipinski definition) is 7. The lowest BCUT2D eigenvalue weighted by atomic mass is 9.67. The third-order valence-electron chi connectivity index (χ3n) is 27.6. The number of para-hydroxylation sites is 2. The van der Waals surface area contributed by atoms with E-state index in [1.165, 1.54) is 110 Å². The van der Waals surface area contributed by atoms with Gasteiger partial charge in [0.2, 0.25) is 0 Å². The van der Waals surface area contributed by atoms with Gasteiger partial charge in [-0.1, -0.05) is 334 Å². The summed E-state index contributed by atoms with van der Waals surface area (Å²) in [5.74, 6) is 0. The van der Waals surface area contributed by atoms with Crippen molar-refractivity contribution in [3.8, 4) is 89.3 Å². The van der Waals surface area contributed by atoms with Crippen LogP contribution >= 0.6 is 0 Å². The Hall–Kier alpha value is -17.1. The highest BCUT2D eigenvalue weighted by Gasteiger charge is 2.48. The fourth-order valence-corrected chi connectivity index (χ4v) is 21.9. The highest BCUT2D eigenvalue weighted by Crippen LogP contribution is 2.60. The molecule has 7 heterocycles. The maximum absolute atomic E-state index is 5.48.